The largest absolute Gasteiger partial charge is 0.383 e. The number of carbonyl (C=O) groups excluding carboxylic acids is 2. The van der Waals surface area contributed by atoms with Crippen molar-refractivity contribution in [3.05, 3.63) is 11.6 Å². The Morgan fingerprint density at radius 3 is 3.14 bits per heavy atom. The van der Waals surface area contributed by atoms with Crippen molar-refractivity contribution in [3.63, 3.8) is 0 Å². The number of rotatable bonds is 7. The maximum Gasteiger partial charge on any atom is 0.248 e. The standard InChI is InChI=1S/C13H20N4O3S/c1-20-7-4-14-9-11(18)17-6-2-3-10(17)12(19)16-13-15-5-8-21-13/h5,8,10,14H,2-4,6-7,9H2,1H3,(H,15,16,19). The van der Waals surface area contributed by atoms with Gasteiger partial charge in [0.1, 0.15) is 6.04 Å². The lowest BCUT2D eigenvalue weighted by molar-refractivity contribution is -0.135. The summed E-state index contributed by atoms with van der Waals surface area (Å²) in [6, 6.07) is -0.398. The van der Waals surface area contributed by atoms with Crippen molar-refractivity contribution in [2.24, 2.45) is 0 Å². The molecule has 1 aromatic heterocycles. The molecule has 1 saturated heterocycles. The zero-order valence-electron chi connectivity index (χ0n) is 12.0. The highest BCUT2D eigenvalue weighted by Crippen LogP contribution is 2.20. The van der Waals surface area contributed by atoms with Gasteiger partial charge in [-0.3, -0.25) is 9.59 Å². The molecule has 7 nitrogen and oxygen atoms in total. The first-order chi connectivity index (χ1) is 10.2. The molecule has 2 N–H and O–H groups in total. The van der Waals surface area contributed by atoms with E-state index in [9.17, 15) is 9.59 Å². The third-order valence-corrected chi connectivity index (χ3v) is 3.99. The van der Waals surface area contributed by atoms with Crippen LogP contribution in [0.3, 0.4) is 0 Å². The van der Waals surface area contributed by atoms with Gasteiger partial charge in [-0.25, -0.2) is 4.98 Å². The van der Waals surface area contributed by atoms with Crippen molar-refractivity contribution in [1.82, 2.24) is 15.2 Å². The van der Waals surface area contributed by atoms with Crippen LogP contribution in [-0.4, -0.2) is 61.1 Å². The number of hydrogen-bond donors (Lipinski definition) is 2. The van der Waals surface area contributed by atoms with E-state index in [0.29, 0.717) is 31.2 Å². The monoisotopic (exact) mass is 312 g/mol. The van der Waals surface area contributed by atoms with Crippen LogP contribution in [0.15, 0.2) is 11.6 Å². The normalized spacial score (nSPS) is 18.0. The Morgan fingerprint density at radius 2 is 2.43 bits per heavy atom. The summed E-state index contributed by atoms with van der Waals surface area (Å²) in [5, 5.41) is 8.13. The molecule has 1 aromatic rings. The molecule has 0 spiro atoms. The van der Waals surface area contributed by atoms with Gasteiger partial charge in [0.25, 0.3) is 0 Å². The number of aromatic nitrogens is 1. The highest BCUT2D eigenvalue weighted by Gasteiger charge is 2.33. The molecule has 1 aliphatic rings. The molecule has 1 fully saturated rings. The van der Waals surface area contributed by atoms with Gasteiger partial charge in [0.2, 0.25) is 11.8 Å². The van der Waals surface area contributed by atoms with Crippen LogP contribution >= 0.6 is 11.3 Å². The molecule has 0 bridgehead atoms. The topological polar surface area (TPSA) is 83.6 Å². The smallest absolute Gasteiger partial charge is 0.248 e. The molecule has 2 amide bonds. The molecule has 0 aliphatic carbocycles. The quantitative estimate of drug-likeness (QED) is 0.708. The van der Waals surface area contributed by atoms with Crippen LogP contribution in [0, 0.1) is 0 Å². The third-order valence-electron chi connectivity index (χ3n) is 3.30. The van der Waals surface area contributed by atoms with Crippen LogP contribution < -0.4 is 10.6 Å². The minimum atomic E-state index is -0.398. The van der Waals surface area contributed by atoms with Crippen molar-refractivity contribution < 1.29 is 14.3 Å². The summed E-state index contributed by atoms with van der Waals surface area (Å²) in [4.78, 5) is 30.0. The summed E-state index contributed by atoms with van der Waals surface area (Å²) in [6.07, 6.45) is 3.18. The molecule has 2 rings (SSSR count). The summed E-state index contributed by atoms with van der Waals surface area (Å²) in [5.41, 5.74) is 0. The number of ether oxygens (including phenoxy) is 1. The van der Waals surface area contributed by atoms with E-state index in [1.165, 1.54) is 11.3 Å². The SMILES string of the molecule is COCCNCC(=O)N1CCCC1C(=O)Nc1nccs1. The van der Waals surface area contributed by atoms with Crippen molar-refractivity contribution in [1.29, 1.82) is 0 Å². The second-order valence-electron chi connectivity index (χ2n) is 4.74. The van der Waals surface area contributed by atoms with Crippen molar-refractivity contribution >= 4 is 28.3 Å². The molecule has 0 radical (unpaired) electrons. The minimum Gasteiger partial charge on any atom is -0.383 e. The maximum absolute atomic E-state index is 12.2. The molecule has 116 valence electrons. The average molecular weight is 312 g/mol. The van der Waals surface area contributed by atoms with Crippen LogP contribution in [0.4, 0.5) is 5.13 Å². The summed E-state index contributed by atoms with van der Waals surface area (Å²) >= 11 is 1.37. The highest BCUT2D eigenvalue weighted by atomic mass is 32.1. The molecule has 1 aliphatic heterocycles. The van der Waals surface area contributed by atoms with E-state index in [2.05, 4.69) is 15.6 Å². The van der Waals surface area contributed by atoms with Crippen molar-refractivity contribution in [2.45, 2.75) is 18.9 Å². The van der Waals surface area contributed by atoms with Gasteiger partial charge in [0.05, 0.1) is 13.2 Å². The number of thiazole rings is 1. The summed E-state index contributed by atoms with van der Waals surface area (Å²) in [7, 11) is 1.61. The van der Waals surface area contributed by atoms with E-state index in [1.807, 2.05) is 0 Å². The number of anilines is 1. The Bertz CT molecular complexity index is 466. The molecule has 0 aromatic carbocycles. The fourth-order valence-electron chi connectivity index (χ4n) is 2.28. The van der Waals surface area contributed by atoms with Crippen LogP contribution in [0.1, 0.15) is 12.8 Å². The van der Waals surface area contributed by atoms with Gasteiger partial charge < -0.3 is 20.3 Å². The van der Waals surface area contributed by atoms with Gasteiger partial charge in [-0.05, 0) is 12.8 Å². The second-order valence-corrected chi connectivity index (χ2v) is 5.64. The Morgan fingerprint density at radius 1 is 1.57 bits per heavy atom. The number of carbonyl (C=O) groups is 2. The van der Waals surface area contributed by atoms with Crippen LogP contribution in [0.5, 0.6) is 0 Å². The fourth-order valence-corrected chi connectivity index (χ4v) is 2.81. The first-order valence-corrected chi connectivity index (χ1v) is 7.80. The predicted octanol–water partition coefficient (Wildman–Crippen LogP) is 0.309. The number of hydrogen-bond acceptors (Lipinski definition) is 6. The van der Waals surface area contributed by atoms with Gasteiger partial charge in [-0.15, -0.1) is 11.3 Å². The Hall–Kier alpha value is -1.51. The lowest BCUT2D eigenvalue weighted by Crippen LogP contribution is -2.46. The molecule has 8 heteroatoms. The van der Waals surface area contributed by atoms with Crippen LogP contribution in [-0.2, 0) is 14.3 Å². The van der Waals surface area contributed by atoms with E-state index in [1.54, 1.807) is 23.6 Å². The van der Waals surface area contributed by atoms with E-state index in [0.717, 1.165) is 6.42 Å². The first kappa shape index (κ1) is 15.9. The maximum atomic E-state index is 12.2. The summed E-state index contributed by atoms with van der Waals surface area (Å²) in [5.74, 6) is -0.212. The van der Waals surface area contributed by atoms with Crippen molar-refractivity contribution in [2.75, 3.05) is 38.7 Å². The van der Waals surface area contributed by atoms with Crippen LogP contribution in [0.2, 0.25) is 0 Å². The Balaban J connectivity index is 1.84. The molecule has 0 saturated carbocycles. The lowest BCUT2D eigenvalue weighted by atomic mass is 10.2. The van der Waals surface area contributed by atoms with Crippen LogP contribution in [0.25, 0.3) is 0 Å². The van der Waals surface area contributed by atoms with Gasteiger partial charge in [-0.2, -0.15) is 0 Å². The Labute approximate surface area is 127 Å². The molecular weight excluding hydrogens is 292 g/mol. The summed E-state index contributed by atoms with van der Waals surface area (Å²) in [6.45, 7) is 2.03. The zero-order chi connectivity index (χ0) is 15.1. The van der Waals surface area contributed by atoms with E-state index >= 15 is 0 Å². The van der Waals surface area contributed by atoms with E-state index in [-0.39, 0.29) is 18.4 Å². The first-order valence-electron chi connectivity index (χ1n) is 6.92. The van der Waals surface area contributed by atoms with Gasteiger partial charge in [0, 0.05) is 31.8 Å². The average Bonchev–Trinajstić information content (AvgIpc) is 3.14. The second kappa shape index (κ2) is 8.06. The van der Waals surface area contributed by atoms with E-state index in [4.69, 9.17) is 4.74 Å². The molecule has 1 unspecified atom stereocenters. The van der Waals surface area contributed by atoms with Crippen molar-refractivity contribution in [3.8, 4) is 0 Å². The third kappa shape index (κ3) is 4.48. The fraction of sp³-hybridized carbons (Fsp3) is 0.615. The lowest BCUT2D eigenvalue weighted by Gasteiger charge is -2.23. The van der Waals surface area contributed by atoms with Gasteiger partial charge >= 0.3 is 0 Å². The number of nitrogens with zero attached hydrogens (tertiary/aromatic N) is 2. The highest BCUT2D eigenvalue weighted by molar-refractivity contribution is 7.13. The molecule has 1 atom stereocenters. The number of likely N-dealkylation sites (tertiary alicyclic amines) is 1. The molecular formula is C13H20N4O3S. The minimum absolute atomic E-state index is 0.0529. The number of amides is 2. The predicted molar refractivity (Wildman–Crippen MR) is 80.2 cm³/mol. The Kier molecular flexibility index (Phi) is 6.09. The molecule has 21 heavy (non-hydrogen) atoms. The summed E-state index contributed by atoms with van der Waals surface area (Å²) < 4.78 is 4.91. The number of methoxy groups -OCH3 is 1. The van der Waals surface area contributed by atoms with E-state index < -0.39 is 6.04 Å². The van der Waals surface area contributed by atoms with Gasteiger partial charge in [-0.1, -0.05) is 0 Å². The number of nitrogens with one attached hydrogen (secondary N) is 2. The molecule has 2 heterocycles. The van der Waals surface area contributed by atoms with Gasteiger partial charge in [0.15, 0.2) is 5.13 Å². The zero-order valence-corrected chi connectivity index (χ0v) is 12.8.